The average molecular weight is 422 g/mol. The number of hydrogen-bond acceptors (Lipinski definition) is 4. The molecule has 0 spiro atoms. The van der Waals surface area contributed by atoms with Crippen LogP contribution in [0.4, 0.5) is 13.2 Å². The minimum atomic E-state index is -4.43. The molecule has 0 saturated carbocycles. The summed E-state index contributed by atoms with van der Waals surface area (Å²) < 4.78 is 69.2. The van der Waals surface area contributed by atoms with E-state index in [0.29, 0.717) is 5.56 Å². The molecule has 0 aliphatic heterocycles. The molecule has 27 heavy (non-hydrogen) atoms. The highest BCUT2D eigenvalue weighted by Crippen LogP contribution is 2.29. The monoisotopic (exact) mass is 421 g/mol. The predicted octanol–water partition coefficient (Wildman–Crippen LogP) is 3.67. The van der Waals surface area contributed by atoms with Crippen LogP contribution in [-0.2, 0) is 27.4 Å². The Hall–Kier alpha value is -2.10. The normalized spacial score (nSPS) is 12.0. The fraction of sp³-hybridized carbons (Fsp3) is 0.235. The molecule has 146 valence electrons. The van der Waals surface area contributed by atoms with Crippen LogP contribution in [0.3, 0.4) is 0 Å². The van der Waals surface area contributed by atoms with Crippen LogP contribution < -0.4 is 4.72 Å². The van der Waals surface area contributed by atoms with Gasteiger partial charge in [-0.25, -0.2) is 17.9 Å². The minimum absolute atomic E-state index is 0.0185. The average Bonchev–Trinajstić information content (AvgIpc) is 2.61. The Balaban J connectivity index is 2.08. The van der Waals surface area contributed by atoms with E-state index >= 15 is 0 Å². The van der Waals surface area contributed by atoms with Crippen molar-refractivity contribution in [2.75, 3.05) is 13.7 Å². The van der Waals surface area contributed by atoms with Crippen LogP contribution in [0.25, 0.3) is 0 Å². The SMILES string of the molecule is COC(=O)c1ccc(Cl)c(S(=O)(=O)NCCc2ccc(C(F)(F)F)cc2)c1. The van der Waals surface area contributed by atoms with Crippen LogP contribution in [-0.4, -0.2) is 28.0 Å². The van der Waals surface area contributed by atoms with E-state index in [1.54, 1.807) is 0 Å². The molecule has 1 N–H and O–H groups in total. The van der Waals surface area contributed by atoms with Gasteiger partial charge >= 0.3 is 12.1 Å². The van der Waals surface area contributed by atoms with E-state index in [1.165, 1.54) is 24.3 Å². The van der Waals surface area contributed by atoms with Gasteiger partial charge in [0.1, 0.15) is 4.90 Å². The smallest absolute Gasteiger partial charge is 0.416 e. The Morgan fingerprint density at radius 1 is 1.15 bits per heavy atom. The molecule has 0 saturated heterocycles. The number of carbonyl (C=O) groups is 1. The Labute approximate surface area is 159 Å². The van der Waals surface area contributed by atoms with Crippen molar-refractivity contribution in [1.29, 1.82) is 0 Å². The van der Waals surface area contributed by atoms with Gasteiger partial charge in [-0.15, -0.1) is 0 Å². The first-order valence-electron chi connectivity index (χ1n) is 7.58. The van der Waals surface area contributed by atoms with Crippen LogP contribution in [0.1, 0.15) is 21.5 Å². The van der Waals surface area contributed by atoms with Crippen molar-refractivity contribution >= 4 is 27.6 Å². The molecule has 0 aliphatic rings. The van der Waals surface area contributed by atoms with Gasteiger partial charge in [-0.1, -0.05) is 23.7 Å². The van der Waals surface area contributed by atoms with Crippen LogP contribution in [0.5, 0.6) is 0 Å². The van der Waals surface area contributed by atoms with Crippen molar-refractivity contribution in [2.45, 2.75) is 17.5 Å². The van der Waals surface area contributed by atoms with Gasteiger partial charge in [-0.3, -0.25) is 0 Å². The number of carbonyl (C=O) groups excluding carboxylic acids is 1. The van der Waals surface area contributed by atoms with Gasteiger partial charge in [0, 0.05) is 6.54 Å². The molecular formula is C17H15ClF3NO4S. The van der Waals surface area contributed by atoms with Crippen molar-refractivity contribution in [1.82, 2.24) is 4.72 Å². The third-order valence-electron chi connectivity index (χ3n) is 3.63. The van der Waals surface area contributed by atoms with Crippen molar-refractivity contribution in [3.05, 3.63) is 64.2 Å². The third kappa shape index (κ3) is 5.44. The summed E-state index contributed by atoms with van der Waals surface area (Å²) in [4.78, 5) is 11.2. The quantitative estimate of drug-likeness (QED) is 0.722. The van der Waals surface area contributed by atoms with Crippen molar-refractivity contribution in [3.63, 3.8) is 0 Å². The highest BCUT2D eigenvalue weighted by molar-refractivity contribution is 7.89. The van der Waals surface area contributed by atoms with E-state index in [1.807, 2.05) is 0 Å². The molecule has 0 heterocycles. The predicted molar refractivity (Wildman–Crippen MR) is 93.1 cm³/mol. The van der Waals surface area contributed by atoms with Gasteiger partial charge in [-0.05, 0) is 42.3 Å². The summed E-state index contributed by atoms with van der Waals surface area (Å²) in [6.45, 7) is -0.0630. The molecule has 2 aromatic carbocycles. The highest BCUT2D eigenvalue weighted by Gasteiger charge is 2.29. The molecule has 0 aromatic heterocycles. The van der Waals surface area contributed by atoms with Crippen LogP contribution in [0, 0.1) is 0 Å². The zero-order chi connectivity index (χ0) is 20.2. The van der Waals surface area contributed by atoms with Gasteiger partial charge < -0.3 is 4.74 Å². The number of hydrogen-bond donors (Lipinski definition) is 1. The molecule has 2 rings (SSSR count). The number of halogens is 4. The lowest BCUT2D eigenvalue weighted by atomic mass is 10.1. The number of rotatable bonds is 6. The molecular weight excluding hydrogens is 407 g/mol. The summed E-state index contributed by atoms with van der Waals surface area (Å²) in [6.07, 6.45) is -4.26. The fourth-order valence-corrected chi connectivity index (χ4v) is 3.78. The Kier molecular flexibility index (Phi) is 6.50. The maximum Gasteiger partial charge on any atom is 0.416 e. The van der Waals surface area contributed by atoms with Crippen LogP contribution in [0.15, 0.2) is 47.4 Å². The van der Waals surface area contributed by atoms with E-state index in [2.05, 4.69) is 9.46 Å². The first-order chi connectivity index (χ1) is 12.5. The fourth-order valence-electron chi connectivity index (χ4n) is 2.22. The van der Waals surface area contributed by atoms with Gasteiger partial charge in [0.05, 0.1) is 23.3 Å². The lowest BCUT2D eigenvalue weighted by molar-refractivity contribution is -0.137. The number of benzene rings is 2. The van der Waals surface area contributed by atoms with Gasteiger partial charge in [0.25, 0.3) is 0 Å². The van der Waals surface area contributed by atoms with Gasteiger partial charge in [-0.2, -0.15) is 13.2 Å². The van der Waals surface area contributed by atoms with Gasteiger partial charge in [0.15, 0.2) is 0 Å². The lowest BCUT2D eigenvalue weighted by Crippen LogP contribution is -2.26. The molecule has 5 nitrogen and oxygen atoms in total. The molecule has 10 heteroatoms. The number of ether oxygens (including phenoxy) is 1. The second-order valence-corrected chi connectivity index (χ2v) is 7.62. The molecule has 0 amide bonds. The Morgan fingerprint density at radius 2 is 1.78 bits per heavy atom. The summed E-state index contributed by atoms with van der Waals surface area (Å²) in [5, 5.41) is -0.0790. The van der Waals surface area contributed by atoms with Gasteiger partial charge in [0.2, 0.25) is 10.0 Å². The van der Waals surface area contributed by atoms with Crippen LogP contribution >= 0.6 is 11.6 Å². The number of nitrogens with one attached hydrogen (secondary N) is 1. The largest absolute Gasteiger partial charge is 0.465 e. The molecule has 0 atom stereocenters. The zero-order valence-corrected chi connectivity index (χ0v) is 15.6. The van der Waals surface area contributed by atoms with Crippen molar-refractivity contribution < 1.29 is 31.1 Å². The molecule has 0 unspecified atom stereocenters. The first-order valence-corrected chi connectivity index (χ1v) is 9.44. The maximum absolute atomic E-state index is 12.5. The van der Waals surface area contributed by atoms with E-state index < -0.39 is 27.7 Å². The zero-order valence-electron chi connectivity index (χ0n) is 14.0. The second kappa shape index (κ2) is 8.28. The van der Waals surface area contributed by atoms with E-state index in [0.717, 1.165) is 25.3 Å². The molecule has 0 bridgehead atoms. The Morgan fingerprint density at radius 3 is 2.33 bits per heavy atom. The first kappa shape index (κ1) is 21.2. The topological polar surface area (TPSA) is 72.5 Å². The summed E-state index contributed by atoms with van der Waals surface area (Å²) in [5.74, 6) is -0.715. The lowest BCUT2D eigenvalue weighted by Gasteiger charge is -2.10. The van der Waals surface area contributed by atoms with Crippen molar-refractivity contribution in [2.24, 2.45) is 0 Å². The molecule has 0 aliphatic carbocycles. The number of alkyl halides is 3. The third-order valence-corrected chi connectivity index (χ3v) is 5.57. The number of esters is 1. The van der Waals surface area contributed by atoms with Crippen molar-refractivity contribution in [3.8, 4) is 0 Å². The summed E-state index contributed by atoms with van der Waals surface area (Å²) in [7, 11) is -2.87. The summed E-state index contributed by atoms with van der Waals surface area (Å²) in [5.41, 5.74) is -0.233. The highest BCUT2D eigenvalue weighted by atomic mass is 35.5. The van der Waals surface area contributed by atoms with E-state index in [9.17, 15) is 26.4 Å². The molecule has 0 radical (unpaired) electrons. The summed E-state index contributed by atoms with van der Waals surface area (Å²) >= 11 is 5.91. The maximum atomic E-state index is 12.5. The molecule has 0 fully saturated rings. The van der Waals surface area contributed by atoms with E-state index in [4.69, 9.17) is 11.6 Å². The second-order valence-electron chi connectivity index (χ2n) is 5.48. The standard InChI is InChI=1S/C17H15ClF3NO4S/c1-26-16(23)12-4-7-14(18)15(10-12)27(24,25)22-9-8-11-2-5-13(6-3-11)17(19,20)21/h2-7,10,22H,8-9H2,1H3. The number of sulfonamides is 1. The molecule has 2 aromatic rings. The van der Waals surface area contributed by atoms with E-state index in [-0.39, 0.29) is 28.4 Å². The van der Waals surface area contributed by atoms with Crippen LogP contribution in [0.2, 0.25) is 5.02 Å². The Bertz CT molecular complexity index is 928. The number of methoxy groups -OCH3 is 1. The minimum Gasteiger partial charge on any atom is -0.465 e. The summed E-state index contributed by atoms with van der Waals surface area (Å²) in [6, 6.07) is 8.10.